The minimum absolute atomic E-state index is 0.455. The summed E-state index contributed by atoms with van der Waals surface area (Å²) in [6, 6.07) is 2.47. The average Bonchev–Trinajstić information content (AvgIpc) is 2.80. The lowest BCUT2D eigenvalue weighted by molar-refractivity contribution is 0.181. The van der Waals surface area contributed by atoms with Crippen LogP contribution in [0.3, 0.4) is 0 Å². The van der Waals surface area contributed by atoms with Crippen molar-refractivity contribution in [1.82, 2.24) is 15.3 Å². The Labute approximate surface area is 124 Å². The first-order valence-corrected chi connectivity index (χ1v) is 7.55. The van der Waals surface area contributed by atoms with Crippen LogP contribution in [-0.4, -0.2) is 23.1 Å². The van der Waals surface area contributed by atoms with Gasteiger partial charge in [-0.2, -0.15) is 0 Å². The van der Waals surface area contributed by atoms with Crippen molar-refractivity contribution in [1.29, 1.82) is 0 Å². The van der Waals surface area contributed by atoms with Crippen LogP contribution in [0.2, 0.25) is 0 Å². The summed E-state index contributed by atoms with van der Waals surface area (Å²) in [6.45, 7) is 7.74. The SMILES string of the molecule is COCc1nc(-c2cnccc2C)sc1CNC(C)C. The summed E-state index contributed by atoms with van der Waals surface area (Å²) in [7, 11) is 1.70. The molecule has 2 aromatic heterocycles. The molecule has 0 saturated heterocycles. The fourth-order valence-electron chi connectivity index (χ4n) is 1.87. The van der Waals surface area contributed by atoms with E-state index < -0.39 is 0 Å². The molecule has 1 N–H and O–H groups in total. The highest BCUT2D eigenvalue weighted by molar-refractivity contribution is 7.15. The third kappa shape index (κ3) is 3.62. The van der Waals surface area contributed by atoms with Gasteiger partial charge in [-0.05, 0) is 18.6 Å². The fourth-order valence-corrected chi connectivity index (χ4v) is 2.96. The Morgan fingerprint density at radius 2 is 2.20 bits per heavy atom. The third-order valence-corrected chi connectivity index (χ3v) is 4.13. The lowest BCUT2D eigenvalue weighted by Crippen LogP contribution is -2.21. The van der Waals surface area contributed by atoms with Crippen molar-refractivity contribution in [3.05, 3.63) is 34.6 Å². The van der Waals surface area contributed by atoms with Gasteiger partial charge in [0.05, 0.1) is 12.3 Å². The quantitative estimate of drug-likeness (QED) is 0.888. The Kier molecular flexibility index (Phi) is 5.23. The van der Waals surface area contributed by atoms with E-state index in [2.05, 4.69) is 31.1 Å². The Morgan fingerprint density at radius 3 is 2.85 bits per heavy atom. The molecule has 0 atom stereocenters. The molecular formula is C15H21N3OS. The van der Waals surface area contributed by atoms with Crippen molar-refractivity contribution in [3.8, 4) is 10.6 Å². The van der Waals surface area contributed by atoms with Gasteiger partial charge < -0.3 is 10.1 Å². The first kappa shape index (κ1) is 15.1. The first-order valence-electron chi connectivity index (χ1n) is 6.73. The van der Waals surface area contributed by atoms with E-state index in [1.807, 2.05) is 18.5 Å². The van der Waals surface area contributed by atoms with Crippen LogP contribution in [-0.2, 0) is 17.9 Å². The zero-order chi connectivity index (χ0) is 14.5. The van der Waals surface area contributed by atoms with Crippen LogP contribution in [0.1, 0.15) is 30.0 Å². The van der Waals surface area contributed by atoms with Crippen molar-refractivity contribution in [2.45, 2.75) is 40.0 Å². The molecule has 2 rings (SSSR count). The Morgan fingerprint density at radius 1 is 1.40 bits per heavy atom. The van der Waals surface area contributed by atoms with E-state index in [0.717, 1.165) is 22.8 Å². The summed E-state index contributed by atoms with van der Waals surface area (Å²) in [5.41, 5.74) is 3.32. The van der Waals surface area contributed by atoms with Crippen molar-refractivity contribution >= 4 is 11.3 Å². The van der Waals surface area contributed by atoms with Gasteiger partial charge in [0, 0.05) is 42.5 Å². The van der Waals surface area contributed by atoms with Crippen molar-refractivity contribution < 1.29 is 4.74 Å². The van der Waals surface area contributed by atoms with Crippen LogP contribution in [0.5, 0.6) is 0 Å². The second kappa shape index (κ2) is 6.92. The third-order valence-electron chi connectivity index (χ3n) is 3.00. The average molecular weight is 291 g/mol. The molecule has 0 radical (unpaired) electrons. The van der Waals surface area contributed by atoms with Gasteiger partial charge in [-0.1, -0.05) is 13.8 Å². The maximum atomic E-state index is 5.26. The van der Waals surface area contributed by atoms with Crippen LogP contribution in [0, 0.1) is 6.92 Å². The highest BCUT2D eigenvalue weighted by atomic mass is 32.1. The van der Waals surface area contributed by atoms with E-state index in [1.54, 1.807) is 18.4 Å². The summed E-state index contributed by atoms with van der Waals surface area (Å²) in [5.74, 6) is 0. The largest absolute Gasteiger partial charge is 0.378 e. The van der Waals surface area contributed by atoms with Gasteiger partial charge in [-0.15, -0.1) is 11.3 Å². The van der Waals surface area contributed by atoms with Crippen LogP contribution < -0.4 is 5.32 Å². The van der Waals surface area contributed by atoms with Gasteiger partial charge in [0.2, 0.25) is 0 Å². The van der Waals surface area contributed by atoms with Crippen LogP contribution in [0.25, 0.3) is 10.6 Å². The van der Waals surface area contributed by atoms with Crippen molar-refractivity contribution in [2.24, 2.45) is 0 Å². The van der Waals surface area contributed by atoms with Gasteiger partial charge >= 0.3 is 0 Å². The van der Waals surface area contributed by atoms with E-state index in [4.69, 9.17) is 9.72 Å². The van der Waals surface area contributed by atoms with Gasteiger partial charge in [0.15, 0.2) is 0 Å². The molecule has 0 saturated carbocycles. The van der Waals surface area contributed by atoms with Crippen LogP contribution >= 0.6 is 11.3 Å². The minimum atomic E-state index is 0.455. The highest BCUT2D eigenvalue weighted by Crippen LogP contribution is 2.30. The number of nitrogens with one attached hydrogen (secondary N) is 1. The first-order chi connectivity index (χ1) is 9.61. The van der Waals surface area contributed by atoms with Crippen molar-refractivity contribution in [2.75, 3.05) is 7.11 Å². The lowest BCUT2D eigenvalue weighted by Gasteiger charge is -2.07. The molecule has 0 bridgehead atoms. The van der Waals surface area contributed by atoms with E-state index in [-0.39, 0.29) is 0 Å². The molecular weight excluding hydrogens is 270 g/mol. The number of hydrogen-bond donors (Lipinski definition) is 1. The van der Waals surface area contributed by atoms with Crippen LogP contribution in [0.4, 0.5) is 0 Å². The van der Waals surface area contributed by atoms with Gasteiger partial charge in [-0.25, -0.2) is 4.98 Å². The monoisotopic (exact) mass is 291 g/mol. The van der Waals surface area contributed by atoms with E-state index >= 15 is 0 Å². The van der Waals surface area contributed by atoms with Crippen LogP contribution in [0.15, 0.2) is 18.5 Å². The molecule has 0 aliphatic carbocycles. The molecule has 0 aromatic carbocycles. The highest BCUT2D eigenvalue weighted by Gasteiger charge is 2.14. The van der Waals surface area contributed by atoms with Gasteiger partial charge in [0.25, 0.3) is 0 Å². The minimum Gasteiger partial charge on any atom is -0.378 e. The molecule has 0 spiro atoms. The number of rotatable bonds is 6. The zero-order valence-corrected chi connectivity index (χ0v) is 13.3. The topological polar surface area (TPSA) is 47.0 Å². The summed E-state index contributed by atoms with van der Waals surface area (Å²) in [6.07, 6.45) is 3.69. The van der Waals surface area contributed by atoms with Gasteiger partial charge in [-0.3, -0.25) is 4.98 Å². The molecule has 0 fully saturated rings. The standard InChI is InChI=1S/C15H21N3OS/c1-10(2)17-8-14-13(9-19-4)18-15(20-14)12-7-16-6-5-11(12)3/h5-7,10,17H,8-9H2,1-4H3. The predicted octanol–water partition coefficient (Wildman–Crippen LogP) is 3.16. The Hall–Kier alpha value is -1.30. The van der Waals surface area contributed by atoms with Gasteiger partial charge in [0.1, 0.15) is 5.01 Å². The smallest absolute Gasteiger partial charge is 0.125 e. The molecule has 2 aromatic rings. The number of nitrogens with zero attached hydrogens (tertiary/aromatic N) is 2. The van der Waals surface area contributed by atoms with Crippen molar-refractivity contribution in [3.63, 3.8) is 0 Å². The van der Waals surface area contributed by atoms with E-state index in [1.165, 1.54) is 10.4 Å². The summed E-state index contributed by atoms with van der Waals surface area (Å²) in [5, 5.41) is 4.46. The second-order valence-corrected chi connectivity index (χ2v) is 6.13. The normalized spacial score (nSPS) is 11.2. The summed E-state index contributed by atoms with van der Waals surface area (Å²) >= 11 is 1.72. The second-order valence-electron chi connectivity index (χ2n) is 5.05. The zero-order valence-electron chi connectivity index (χ0n) is 12.4. The summed E-state index contributed by atoms with van der Waals surface area (Å²) in [4.78, 5) is 10.2. The fraction of sp³-hybridized carbons (Fsp3) is 0.467. The number of hydrogen-bond acceptors (Lipinski definition) is 5. The molecule has 108 valence electrons. The van der Waals surface area contributed by atoms with E-state index in [9.17, 15) is 0 Å². The lowest BCUT2D eigenvalue weighted by atomic mass is 10.2. The number of methoxy groups -OCH3 is 1. The van der Waals surface area contributed by atoms with E-state index in [0.29, 0.717) is 12.6 Å². The maximum absolute atomic E-state index is 5.26. The number of thiazole rings is 1. The Bertz CT molecular complexity index is 566. The molecule has 5 heteroatoms. The number of ether oxygens (including phenoxy) is 1. The summed E-state index contributed by atoms with van der Waals surface area (Å²) < 4.78 is 5.26. The molecule has 0 aliphatic heterocycles. The molecule has 20 heavy (non-hydrogen) atoms. The number of aryl methyl sites for hydroxylation is 1. The molecule has 0 amide bonds. The molecule has 4 nitrogen and oxygen atoms in total. The number of aromatic nitrogens is 2. The predicted molar refractivity (Wildman–Crippen MR) is 82.8 cm³/mol. The molecule has 2 heterocycles. The Balaban J connectivity index is 2.31. The molecule has 0 unspecified atom stereocenters. The maximum Gasteiger partial charge on any atom is 0.125 e. The number of pyridine rings is 1. The molecule has 0 aliphatic rings.